The SMILES string of the molecule is COc1cc(CO)cc(C=O)c1O. The highest BCUT2D eigenvalue weighted by atomic mass is 16.5. The standard InChI is InChI=1S/C9H10O4/c1-13-8-3-6(4-10)2-7(5-11)9(8)12/h2-3,5,10,12H,4H2,1H3. The highest BCUT2D eigenvalue weighted by molar-refractivity contribution is 5.81. The quantitative estimate of drug-likeness (QED) is 0.675. The normalized spacial score (nSPS) is 9.69. The predicted octanol–water partition coefficient (Wildman–Crippen LogP) is 0.706. The van der Waals surface area contributed by atoms with Crippen molar-refractivity contribution in [2.75, 3.05) is 7.11 Å². The molecule has 0 saturated carbocycles. The van der Waals surface area contributed by atoms with Crippen molar-refractivity contribution in [3.8, 4) is 11.5 Å². The van der Waals surface area contributed by atoms with Crippen LogP contribution in [0.1, 0.15) is 15.9 Å². The Labute approximate surface area is 75.4 Å². The summed E-state index contributed by atoms with van der Waals surface area (Å²) in [4.78, 5) is 10.5. The zero-order valence-electron chi connectivity index (χ0n) is 7.15. The smallest absolute Gasteiger partial charge is 0.168 e. The summed E-state index contributed by atoms with van der Waals surface area (Å²) in [6.07, 6.45) is 0.511. The number of carbonyl (C=O) groups is 1. The van der Waals surface area contributed by atoms with Gasteiger partial charge in [0.05, 0.1) is 19.3 Å². The molecule has 1 aromatic rings. The van der Waals surface area contributed by atoms with E-state index in [1.165, 1.54) is 19.2 Å². The van der Waals surface area contributed by atoms with Gasteiger partial charge in [-0.2, -0.15) is 0 Å². The van der Waals surface area contributed by atoms with Gasteiger partial charge in [-0.1, -0.05) is 0 Å². The first-order valence-corrected chi connectivity index (χ1v) is 3.68. The second-order valence-corrected chi connectivity index (χ2v) is 2.51. The van der Waals surface area contributed by atoms with Gasteiger partial charge in [0.15, 0.2) is 17.8 Å². The van der Waals surface area contributed by atoms with E-state index in [9.17, 15) is 9.90 Å². The van der Waals surface area contributed by atoms with Gasteiger partial charge in [0.1, 0.15) is 0 Å². The minimum atomic E-state index is -0.199. The lowest BCUT2D eigenvalue weighted by atomic mass is 10.1. The molecule has 0 saturated heterocycles. The van der Waals surface area contributed by atoms with Crippen LogP contribution in [0.4, 0.5) is 0 Å². The van der Waals surface area contributed by atoms with Crippen LogP contribution in [0, 0.1) is 0 Å². The first-order chi connectivity index (χ1) is 6.22. The van der Waals surface area contributed by atoms with Gasteiger partial charge in [0.25, 0.3) is 0 Å². The number of aromatic hydroxyl groups is 1. The van der Waals surface area contributed by atoms with Gasteiger partial charge in [-0.25, -0.2) is 0 Å². The number of aldehydes is 1. The third-order valence-corrected chi connectivity index (χ3v) is 1.69. The molecule has 4 nitrogen and oxygen atoms in total. The van der Waals surface area contributed by atoms with Crippen LogP contribution in [0.3, 0.4) is 0 Å². The first kappa shape index (κ1) is 9.54. The number of hydrogen-bond acceptors (Lipinski definition) is 4. The number of phenols is 1. The summed E-state index contributed by atoms with van der Waals surface area (Å²) < 4.78 is 4.81. The molecule has 70 valence electrons. The molecule has 0 aliphatic heterocycles. The fraction of sp³-hybridized carbons (Fsp3) is 0.222. The Morgan fingerprint density at radius 2 is 2.23 bits per heavy atom. The van der Waals surface area contributed by atoms with Gasteiger partial charge in [-0.15, -0.1) is 0 Å². The average Bonchev–Trinajstić information content (AvgIpc) is 2.18. The molecule has 0 atom stereocenters. The van der Waals surface area contributed by atoms with E-state index in [1.54, 1.807) is 0 Å². The Morgan fingerprint density at radius 1 is 1.54 bits per heavy atom. The maximum absolute atomic E-state index is 10.5. The second kappa shape index (κ2) is 3.91. The highest BCUT2D eigenvalue weighted by Crippen LogP contribution is 2.30. The Kier molecular flexibility index (Phi) is 2.87. The van der Waals surface area contributed by atoms with Gasteiger partial charge < -0.3 is 14.9 Å². The lowest BCUT2D eigenvalue weighted by Crippen LogP contribution is -1.92. The minimum absolute atomic E-state index is 0.114. The summed E-state index contributed by atoms with van der Waals surface area (Å²) in [6, 6.07) is 2.88. The molecular formula is C9H10O4. The summed E-state index contributed by atoms with van der Waals surface area (Å²) in [6.45, 7) is -0.197. The van der Waals surface area contributed by atoms with Crippen LogP contribution in [0.5, 0.6) is 11.5 Å². The van der Waals surface area contributed by atoms with Crippen LogP contribution >= 0.6 is 0 Å². The van der Waals surface area contributed by atoms with Crippen LogP contribution in [-0.4, -0.2) is 23.6 Å². The third kappa shape index (κ3) is 1.78. The van der Waals surface area contributed by atoms with Crippen LogP contribution in [0.15, 0.2) is 12.1 Å². The summed E-state index contributed by atoms with van der Waals surface area (Å²) >= 11 is 0. The molecule has 1 aromatic carbocycles. The maximum Gasteiger partial charge on any atom is 0.168 e. The van der Waals surface area contributed by atoms with Gasteiger partial charge in [-0.05, 0) is 17.7 Å². The minimum Gasteiger partial charge on any atom is -0.504 e. The van der Waals surface area contributed by atoms with Crippen LogP contribution < -0.4 is 4.74 Å². The van der Waals surface area contributed by atoms with E-state index in [1.807, 2.05) is 0 Å². The number of phenolic OH excluding ortho intramolecular Hbond substituents is 1. The molecular weight excluding hydrogens is 172 g/mol. The number of aliphatic hydroxyl groups excluding tert-OH is 1. The molecule has 13 heavy (non-hydrogen) atoms. The number of carbonyl (C=O) groups excluding carboxylic acids is 1. The van der Waals surface area contributed by atoms with E-state index in [4.69, 9.17) is 9.84 Å². The zero-order valence-corrected chi connectivity index (χ0v) is 7.15. The van der Waals surface area contributed by atoms with Gasteiger partial charge in [-0.3, -0.25) is 4.79 Å². The van der Waals surface area contributed by atoms with Crippen LogP contribution in [0.25, 0.3) is 0 Å². The molecule has 0 aromatic heterocycles. The number of aliphatic hydroxyl groups is 1. The maximum atomic E-state index is 10.5. The Morgan fingerprint density at radius 3 is 2.69 bits per heavy atom. The number of benzene rings is 1. The van der Waals surface area contributed by atoms with Crippen molar-refractivity contribution in [2.24, 2.45) is 0 Å². The molecule has 0 spiro atoms. The molecule has 0 amide bonds. The van der Waals surface area contributed by atoms with Crippen LogP contribution in [-0.2, 0) is 6.61 Å². The van der Waals surface area contributed by atoms with E-state index in [2.05, 4.69) is 0 Å². The molecule has 0 aliphatic rings. The fourth-order valence-electron chi connectivity index (χ4n) is 1.03. The van der Waals surface area contributed by atoms with Crippen molar-refractivity contribution in [3.05, 3.63) is 23.3 Å². The topological polar surface area (TPSA) is 66.8 Å². The molecule has 0 radical (unpaired) electrons. The summed E-state index contributed by atoms with van der Waals surface area (Å²) in [7, 11) is 1.38. The van der Waals surface area contributed by atoms with E-state index >= 15 is 0 Å². The Hall–Kier alpha value is -1.55. The lowest BCUT2D eigenvalue weighted by molar-refractivity contribution is 0.112. The Bertz CT molecular complexity index is 320. The summed E-state index contributed by atoms with van der Waals surface area (Å²) in [5.74, 6) is -0.0108. The molecule has 1 rings (SSSR count). The molecule has 0 bridgehead atoms. The number of methoxy groups -OCH3 is 1. The number of hydrogen-bond donors (Lipinski definition) is 2. The van der Waals surface area contributed by atoms with Gasteiger partial charge in [0.2, 0.25) is 0 Å². The van der Waals surface area contributed by atoms with Crippen molar-refractivity contribution in [3.63, 3.8) is 0 Å². The van der Waals surface area contributed by atoms with Gasteiger partial charge in [0, 0.05) is 0 Å². The summed E-state index contributed by atoms with van der Waals surface area (Å²) in [5, 5.41) is 18.2. The first-order valence-electron chi connectivity index (χ1n) is 3.68. The number of ether oxygens (including phenoxy) is 1. The monoisotopic (exact) mass is 182 g/mol. The van der Waals surface area contributed by atoms with Crippen molar-refractivity contribution in [1.82, 2.24) is 0 Å². The van der Waals surface area contributed by atoms with Crippen molar-refractivity contribution in [1.29, 1.82) is 0 Å². The van der Waals surface area contributed by atoms with Gasteiger partial charge >= 0.3 is 0 Å². The fourth-order valence-corrected chi connectivity index (χ4v) is 1.03. The molecule has 0 unspecified atom stereocenters. The highest BCUT2D eigenvalue weighted by Gasteiger charge is 2.08. The van der Waals surface area contributed by atoms with E-state index in [0.29, 0.717) is 11.8 Å². The van der Waals surface area contributed by atoms with Crippen molar-refractivity contribution in [2.45, 2.75) is 6.61 Å². The Balaban J connectivity index is 3.28. The molecule has 0 fully saturated rings. The third-order valence-electron chi connectivity index (χ3n) is 1.69. The lowest BCUT2D eigenvalue weighted by Gasteiger charge is -2.06. The predicted molar refractivity (Wildman–Crippen MR) is 46.0 cm³/mol. The van der Waals surface area contributed by atoms with E-state index in [-0.39, 0.29) is 23.7 Å². The molecule has 0 aliphatic carbocycles. The average molecular weight is 182 g/mol. The molecule has 4 heteroatoms. The van der Waals surface area contributed by atoms with E-state index in [0.717, 1.165) is 0 Å². The second-order valence-electron chi connectivity index (χ2n) is 2.51. The molecule has 0 heterocycles. The molecule has 2 N–H and O–H groups in total. The van der Waals surface area contributed by atoms with Crippen molar-refractivity contribution >= 4 is 6.29 Å². The van der Waals surface area contributed by atoms with E-state index < -0.39 is 0 Å². The van der Waals surface area contributed by atoms with Crippen molar-refractivity contribution < 1.29 is 19.7 Å². The number of rotatable bonds is 3. The largest absolute Gasteiger partial charge is 0.504 e. The zero-order chi connectivity index (χ0) is 9.84. The van der Waals surface area contributed by atoms with Crippen LogP contribution in [0.2, 0.25) is 0 Å². The summed E-state index contributed by atoms with van der Waals surface area (Å²) in [5.41, 5.74) is 0.639.